The predicted octanol–water partition coefficient (Wildman–Crippen LogP) is 3.05. The number of benzene rings is 1. The van der Waals surface area contributed by atoms with Gasteiger partial charge in [0.25, 0.3) is 0 Å². The maximum absolute atomic E-state index is 13.9. The molecule has 0 amide bonds. The molecule has 19 heavy (non-hydrogen) atoms. The second-order valence-electron chi connectivity index (χ2n) is 3.99. The molecule has 1 aromatic heterocycles. The van der Waals surface area contributed by atoms with Crippen molar-refractivity contribution < 1.29 is 8.78 Å². The average molecular weight is 279 g/mol. The van der Waals surface area contributed by atoms with Gasteiger partial charge in [-0.15, -0.1) is 0 Å². The summed E-state index contributed by atoms with van der Waals surface area (Å²) in [5.41, 5.74) is 6.60. The highest BCUT2D eigenvalue weighted by atomic mass is 32.1. The molecule has 0 aliphatic heterocycles. The van der Waals surface area contributed by atoms with E-state index in [1.54, 1.807) is 12.3 Å². The van der Waals surface area contributed by atoms with Crippen molar-refractivity contribution in [2.45, 2.75) is 6.92 Å². The molecule has 0 radical (unpaired) electrons. The number of nitrogens with one attached hydrogen (secondary N) is 1. The lowest BCUT2D eigenvalue weighted by Gasteiger charge is -2.11. The van der Waals surface area contributed by atoms with Crippen LogP contribution in [0.5, 0.6) is 0 Å². The van der Waals surface area contributed by atoms with Gasteiger partial charge in [0.05, 0.1) is 11.9 Å². The number of nitrogens with zero attached hydrogens (tertiary/aromatic N) is 1. The number of thiocarbonyl (C=S) groups is 1. The molecule has 0 spiro atoms. The fourth-order valence-corrected chi connectivity index (χ4v) is 1.68. The van der Waals surface area contributed by atoms with Crippen LogP contribution in [0.3, 0.4) is 0 Å². The lowest BCUT2D eigenvalue weighted by Crippen LogP contribution is -2.11. The summed E-state index contributed by atoms with van der Waals surface area (Å²) in [5.74, 6) is -1.52. The number of hydrogen-bond donors (Lipinski definition) is 2. The van der Waals surface area contributed by atoms with Crippen molar-refractivity contribution in [2.75, 3.05) is 5.32 Å². The Morgan fingerprint density at radius 3 is 2.47 bits per heavy atom. The summed E-state index contributed by atoms with van der Waals surface area (Å²) in [6.07, 6.45) is 3.10. The molecule has 0 saturated carbocycles. The minimum Gasteiger partial charge on any atom is -0.389 e. The Morgan fingerprint density at radius 1 is 1.32 bits per heavy atom. The third-order valence-electron chi connectivity index (χ3n) is 2.63. The number of halogens is 2. The average Bonchev–Trinajstić information content (AvgIpc) is 2.35. The van der Waals surface area contributed by atoms with E-state index in [2.05, 4.69) is 22.5 Å². The predicted molar refractivity (Wildman–Crippen MR) is 74.5 cm³/mol. The molecule has 1 aromatic carbocycles. The first-order chi connectivity index (χ1) is 8.99. The number of pyridine rings is 1. The molecule has 0 aliphatic rings. The molecule has 0 aliphatic carbocycles. The Kier molecular flexibility index (Phi) is 3.71. The smallest absolute Gasteiger partial charge is 0.150 e. The molecular formula is C13H11F2N3S. The molecule has 3 nitrogen and oxygen atoms in total. The van der Waals surface area contributed by atoms with Crippen LogP contribution in [0.2, 0.25) is 0 Å². The summed E-state index contributed by atoms with van der Waals surface area (Å²) in [7, 11) is 0. The van der Waals surface area contributed by atoms with Gasteiger partial charge in [-0.3, -0.25) is 4.98 Å². The van der Waals surface area contributed by atoms with Crippen molar-refractivity contribution in [1.82, 2.24) is 4.98 Å². The van der Waals surface area contributed by atoms with Gasteiger partial charge >= 0.3 is 0 Å². The topological polar surface area (TPSA) is 50.9 Å². The van der Waals surface area contributed by atoms with E-state index in [0.717, 1.165) is 17.7 Å². The van der Waals surface area contributed by atoms with E-state index in [9.17, 15) is 8.78 Å². The second-order valence-corrected chi connectivity index (χ2v) is 4.43. The van der Waals surface area contributed by atoms with Crippen LogP contribution in [0.15, 0.2) is 30.6 Å². The number of nitrogens with two attached hydrogens (primary N) is 1. The van der Waals surface area contributed by atoms with Gasteiger partial charge in [0, 0.05) is 11.8 Å². The highest BCUT2D eigenvalue weighted by Gasteiger charge is 2.13. The zero-order valence-corrected chi connectivity index (χ0v) is 10.9. The summed E-state index contributed by atoms with van der Waals surface area (Å²) < 4.78 is 27.7. The van der Waals surface area contributed by atoms with Crippen LogP contribution in [-0.4, -0.2) is 9.97 Å². The number of hydrogen-bond acceptors (Lipinski definition) is 3. The maximum atomic E-state index is 13.9. The fraction of sp³-hybridized carbons (Fsp3) is 0.0769. The molecule has 0 fully saturated rings. The van der Waals surface area contributed by atoms with Crippen LogP contribution in [0, 0.1) is 18.6 Å². The number of rotatable bonds is 3. The molecule has 2 aromatic rings. The van der Waals surface area contributed by atoms with Gasteiger partial charge < -0.3 is 11.1 Å². The molecule has 6 heteroatoms. The first-order valence-corrected chi connectivity index (χ1v) is 5.86. The van der Waals surface area contributed by atoms with Crippen molar-refractivity contribution in [3.05, 3.63) is 53.4 Å². The minimum atomic E-state index is -0.758. The molecule has 0 saturated heterocycles. The van der Waals surface area contributed by atoms with Crippen LogP contribution in [0.4, 0.5) is 20.2 Å². The Morgan fingerprint density at radius 2 is 1.95 bits per heavy atom. The van der Waals surface area contributed by atoms with E-state index in [0.29, 0.717) is 5.69 Å². The largest absolute Gasteiger partial charge is 0.389 e. The monoisotopic (exact) mass is 279 g/mol. The van der Waals surface area contributed by atoms with Crippen molar-refractivity contribution >= 4 is 28.6 Å². The molecule has 98 valence electrons. The van der Waals surface area contributed by atoms with Gasteiger partial charge in [-0.05, 0) is 30.7 Å². The summed E-state index contributed by atoms with van der Waals surface area (Å²) in [6, 6.07) is 3.93. The lowest BCUT2D eigenvalue weighted by molar-refractivity contribution is 0.590. The van der Waals surface area contributed by atoms with Crippen LogP contribution >= 0.6 is 12.2 Å². The van der Waals surface area contributed by atoms with Crippen LogP contribution in [-0.2, 0) is 0 Å². The fourth-order valence-electron chi connectivity index (χ4n) is 1.56. The van der Waals surface area contributed by atoms with Crippen LogP contribution in [0.1, 0.15) is 11.1 Å². The van der Waals surface area contributed by atoms with Gasteiger partial charge in [0.15, 0.2) is 0 Å². The number of aryl methyl sites for hydroxylation is 1. The van der Waals surface area contributed by atoms with E-state index < -0.39 is 11.6 Å². The van der Waals surface area contributed by atoms with Gasteiger partial charge in [-0.1, -0.05) is 12.2 Å². The number of aromatic nitrogens is 1. The van der Waals surface area contributed by atoms with Crippen molar-refractivity contribution in [2.24, 2.45) is 5.73 Å². The highest BCUT2D eigenvalue weighted by molar-refractivity contribution is 7.80. The molecule has 3 N–H and O–H groups in total. The quantitative estimate of drug-likeness (QED) is 0.848. The SMILES string of the molecule is Cc1ccncc1Nc1c(F)cc(C(N)=S)cc1F. The van der Waals surface area contributed by atoms with Crippen LogP contribution < -0.4 is 11.1 Å². The van der Waals surface area contributed by atoms with E-state index >= 15 is 0 Å². The maximum Gasteiger partial charge on any atom is 0.150 e. The molecule has 2 rings (SSSR count). The Labute approximate surface area is 114 Å². The van der Waals surface area contributed by atoms with E-state index in [1.807, 2.05) is 6.92 Å². The Hall–Kier alpha value is -2.08. The molecule has 0 bridgehead atoms. The molecule has 1 heterocycles. The number of anilines is 2. The summed E-state index contributed by atoms with van der Waals surface area (Å²) in [4.78, 5) is 3.84. The zero-order valence-electron chi connectivity index (χ0n) is 10.1. The zero-order chi connectivity index (χ0) is 14.0. The minimum absolute atomic E-state index is 0.0538. The van der Waals surface area contributed by atoms with Crippen molar-refractivity contribution in [3.8, 4) is 0 Å². The Bertz CT molecular complexity index is 621. The standard InChI is InChI=1S/C13H11F2N3S/c1-7-2-3-17-6-11(7)18-12-9(14)4-8(13(16)19)5-10(12)15/h2-6,18H,1H3,(H2,16,19). The van der Waals surface area contributed by atoms with E-state index in [-0.39, 0.29) is 16.2 Å². The van der Waals surface area contributed by atoms with Crippen molar-refractivity contribution in [3.63, 3.8) is 0 Å². The van der Waals surface area contributed by atoms with Crippen molar-refractivity contribution in [1.29, 1.82) is 0 Å². The summed E-state index contributed by atoms with van der Waals surface area (Å²) in [5, 5.41) is 2.68. The first kappa shape index (κ1) is 13.4. The molecule has 0 atom stereocenters. The molecular weight excluding hydrogens is 268 g/mol. The second kappa shape index (κ2) is 5.27. The third-order valence-corrected chi connectivity index (χ3v) is 2.86. The highest BCUT2D eigenvalue weighted by Crippen LogP contribution is 2.26. The van der Waals surface area contributed by atoms with Gasteiger partial charge in [0.1, 0.15) is 22.3 Å². The molecule has 0 unspecified atom stereocenters. The Balaban J connectivity index is 2.42. The van der Waals surface area contributed by atoms with Crippen LogP contribution in [0.25, 0.3) is 0 Å². The van der Waals surface area contributed by atoms with Gasteiger partial charge in [0.2, 0.25) is 0 Å². The third kappa shape index (κ3) is 2.85. The summed E-state index contributed by atoms with van der Waals surface area (Å²) in [6.45, 7) is 1.81. The summed E-state index contributed by atoms with van der Waals surface area (Å²) >= 11 is 4.69. The first-order valence-electron chi connectivity index (χ1n) is 5.45. The normalized spacial score (nSPS) is 10.3. The van der Waals surface area contributed by atoms with Gasteiger partial charge in [-0.2, -0.15) is 0 Å². The van der Waals surface area contributed by atoms with E-state index in [4.69, 9.17) is 5.73 Å². The lowest BCUT2D eigenvalue weighted by atomic mass is 10.1. The van der Waals surface area contributed by atoms with Gasteiger partial charge in [-0.25, -0.2) is 8.78 Å². The van der Waals surface area contributed by atoms with E-state index in [1.165, 1.54) is 6.20 Å².